The quantitative estimate of drug-likeness (QED) is 0.502. The third kappa shape index (κ3) is 3.70. The number of aromatic hydroxyl groups is 1. The summed E-state index contributed by atoms with van der Waals surface area (Å²) < 4.78 is 11.6. The molecule has 23 heavy (non-hydrogen) atoms. The van der Waals surface area contributed by atoms with Gasteiger partial charge < -0.3 is 14.3 Å². The molecule has 0 aliphatic carbocycles. The Kier molecular flexibility index (Phi) is 4.61. The van der Waals surface area contributed by atoms with Gasteiger partial charge in [0.15, 0.2) is 5.69 Å². The Morgan fingerprint density at radius 2 is 2.00 bits per heavy atom. The van der Waals surface area contributed by atoms with Crippen LogP contribution in [0.15, 0.2) is 57.9 Å². The summed E-state index contributed by atoms with van der Waals surface area (Å²) in [5.41, 5.74) is 1.77. The first kappa shape index (κ1) is 15.5. The van der Waals surface area contributed by atoms with E-state index < -0.39 is 0 Å². The lowest BCUT2D eigenvalue weighted by atomic mass is 10.2. The van der Waals surface area contributed by atoms with Crippen molar-refractivity contribution in [1.29, 1.82) is 0 Å². The molecule has 0 saturated carbocycles. The molecule has 1 heterocycles. The van der Waals surface area contributed by atoms with Crippen LogP contribution in [0.3, 0.4) is 0 Å². The van der Waals surface area contributed by atoms with Gasteiger partial charge in [0, 0.05) is 9.13 Å². The minimum Gasteiger partial charge on any atom is -0.497 e. The summed E-state index contributed by atoms with van der Waals surface area (Å²) in [6.07, 6.45) is 1.48. The van der Waals surface area contributed by atoms with Gasteiger partial charge in [-0.3, -0.25) is 4.99 Å². The fraction of sp³-hybridized carbons (Fsp3) is 0.0588. The second kappa shape index (κ2) is 6.82. The number of rotatable bonds is 4. The zero-order valence-electron chi connectivity index (χ0n) is 12.2. The lowest BCUT2D eigenvalue weighted by Crippen LogP contribution is -1.85. The molecule has 0 fully saturated rings. The predicted octanol–water partition coefficient (Wildman–Crippen LogP) is 4.41. The fourth-order valence-corrected chi connectivity index (χ4v) is 2.31. The Hall–Kier alpha value is -2.35. The smallest absolute Gasteiger partial charge is 0.312 e. The molecule has 116 valence electrons. The zero-order chi connectivity index (χ0) is 16.2. The van der Waals surface area contributed by atoms with Crippen molar-refractivity contribution in [2.75, 3.05) is 7.11 Å². The molecule has 0 amide bonds. The molecule has 3 rings (SSSR count). The molecule has 0 aliphatic heterocycles. The van der Waals surface area contributed by atoms with E-state index in [1.54, 1.807) is 13.2 Å². The van der Waals surface area contributed by atoms with Crippen molar-refractivity contribution in [1.82, 2.24) is 4.98 Å². The molecular weight excluding hydrogens is 407 g/mol. The van der Waals surface area contributed by atoms with Crippen LogP contribution in [0, 0.1) is 3.57 Å². The minimum atomic E-state index is -0.267. The Balaban J connectivity index is 1.87. The SMILES string of the molecule is COc1cccc(-c2nc(C=Nc3ccc(I)cc3)c(O)o2)c1. The monoisotopic (exact) mass is 420 g/mol. The number of ether oxygens (including phenoxy) is 1. The molecule has 0 spiro atoms. The fourth-order valence-electron chi connectivity index (χ4n) is 1.95. The summed E-state index contributed by atoms with van der Waals surface area (Å²) in [4.78, 5) is 8.55. The van der Waals surface area contributed by atoms with Crippen LogP contribution in [0.4, 0.5) is 5.69 Å². The molecule has 0 saturated heterocycles. The average Bonchev–Trinajstić information content (AvgIpc) is 2.95. The highest BCUT2D eigenvalue weighted by Crippen LogP contribution is 2.28. The number of aliphatic imine (C=N–C) groups is 1. The third-order valence-electron chi connectivity index (χ3n) is 3.11. The molecule has 0 atom stereocenters. The van der Waals surface area contributed by atoms with E-state index in [-0.39, 0.29) is 11.6 Å². The van der Waals surface area contributed by atoms with Gasteiger partial charge in [-0.15, -0.1) is 0 Å². The van der Waals surface area contributed by atoms with Gasteiger partial charge in [0.05, 0.1) is 19.0 Å². The topological polar surface area (TPSA) is 67.9 Å². The lowest BCUT2D eigenvalue weighted by molar-refractivity contribution is 0.336. The average molecular weight is 420 g/mol. The van der Waals surface area contributed by atoms with Gasteiger partial charge in [-0.1, -0.05) is 6.07 Å². The second-order valence-electron chi connectivity index (χ2n) is 4.68. The van der Waals surface area contributed by atoms with Crippen molar-refractivity contribution in [2.24, 2.45) is 4.99 Å². The van der Waals surface area contributed by atoms with Crippen LogP contribution >= 0.6 is 22.6 Å². The highest BCUT2D eigenvalue weighted by molar-refractivity contribution is 14.1. The normalized spacial score (nSPS) is 11.0. The Labute approximate surface area is 146 Å². The molecule has 5 nitrogen and oxygen atoms in total. The Morgan fingerprint density at radius 1 is 1.22 bits per heavy atom. The van der Waals surface area contributed by atoms with Gasteiger partial charge in [-0.25, -0.2) is 4.98 Å². The van der Waals surface area contributed by atoms with Gasteiger partial charge in [0.1, 0.15) is 5.75 Å². The maximum absolute atomic E-state index is 9.89. The molecule has 0 radical (unpaired) electrons. The summed E-state index contributed by atoms with van der Waals surface area (Å²) in [6.45, 7) is 0. The number of hydrogen-bond acceptors (Lipinski definition) is 5. The van der Waals surface area contributed by atoms with E-state index in [1.165, 1.54) is 6.21 Å². The first-order chi connectivity index (χ1) is 11.2. The second-order valence-corrected chi connectivity index (χ2v) is 5.92. The van der Waals surface area contributed by atoms with Crippen LogP contribution in [0.1, 0.15) is 5.69 Å². The van der Waals surface area contributed by atoms with E-state index in [9.17, 15) is 5.11 Å². The van der Waals surface area contributed by atoms with Crippen molar-refractivity contribution in [3.63, 3.8) is 0 Å². The highest BCUT2D eigenvalue weighted by Gasteiger charge is 2.12. The molecule has 1 N–H and O–H groups in total. The number of benzene rings is 2. The van der Waals surface area contributed by atoms with Gasteiger partial charge in [-0.05, 0) is 65.1 Å². The number of nitrogens with zero attached hydrogens (tertiary/aromatic N) is 2. The first-order valence-electron chi connectivity index (χ1n) is 6.79. The maximum Gasteiger partial charge on any atom is 0.312 e. The largest absolute Gasteiger partial charge is 0.497 e. The summed E-state index contributed by atoms with van der Waals surface area (Å²) in [7, 11) is 1.59. The van der Waals surface area contributed by atoms with Crippen molar-refractivity contribution >= 4 is 34.5 Å². The van der Waals surface area contributed by atoms with Crippen molar-refractivity contribution in [3.05, 3.63) is 57.8 Å². The molecule has 2 aromatic carbocycles. The zero-order valence-corrected chi connectivity index (χ0v) is 14.4. The van der Waals surface area contributed by atoms with E-state index in [0.717, 1.165) is 9.26 Å². The van der Waals surface area contributed by atoms with Crippen molar-refractivity contribution in [3.8, 4) is 23.1 Å². The van der Waals surface area contributed by atoms with Gasteiger partial charge in [0.2, 0.25) is 5.89 Å². The van der Waals surface area contributed by atoms with E-state index in [2.05, 4.69) is 32.6 Å². The maximum atomic E-state index is 9.89. The van der Waals surface area contributed by atoms with Crippen LogP contribution < -0.4 is 4.74 Å². The van der Waals surface area contributed by atoms with Crippen LogP contribution in [0.25, 0.3) is 11.5 Å². The third-order valence-corrected chi connectivity index (χ3v) is 3.83. The van der Waals surface area contributed by atoms with Crippen LogP contribution in [0.2, 0.25) is 0 Å². The first-order valence-corrected chi connectivity index (χ1v) is 7.87. The van der Waals surface area contributed by atoms with E-state index in [0.29, 0.717) is 17.2 Å². The summed E-state index contributed by atoms with van der Waals surface area (Å²) in [6, 6.07) is 14.9. The van der Waals surface area contributed by atoms with E-state index in [4.69, 9.17) is 9.15 Å². The van der Waals surface area contributed by atoms with Gasteiger partial charge in [-0.2, -0.15) is 0 Å². The Morgan fingerprint density at radius 3 is 2.74 bits per heavy atom. The van der Waals surface area contributed by atoms with Crippen LogP contribution in [-0.4, -0.2) is 23.4 Å². The molecule has 6 heteroatoms. The number of aromatic nitrogens is 1. The van der Waals surface area contributed by atoms with Crippen molar-refractivity contribution in [2.45, 2.75) is 0 Å². The number of hydrogen-bond donors (Lipinski definition) is 1. The molecule has 0 aliphatic rings. The minimum absolute atomic E-state index is 0.267. The number of methoxy groups -OCH3 is 1. The van der Waals surface area contributed by atoms with Crippen LogP contribution in [0.5, 0.6) is 11.7 Å². The highest BCUT2D eigenvalue weighted by atomic mass is 127. The van der Waals surface area contributed by atoms with E-state index in [1.807, 2.05) is 42.5 Å². The predicted molar refractivity (Wildman–Crippen MR) is 96.6 cm³/mol. The van der Waals surface area contributed by atoms with Crippen LogP contribution in [-0.2, 0) is 0 Å². The standard InChI is InChI=1S/C17H13IN2O3/c1-22-14-4-2-3-11(9-14)16-20-15(17(21)23-16)10-19-13-7-5-12(18)6-8-13/h2-10,21H,1H3. The summed E-state index contributed by atoms with van der Waals surface area (Å²) in [5, 5.41) is 9.89. The molecule has 1 aromatic heterocycles. The lowest BCUT2D eigenvalue weighted by Gasteiger charge is -2.00. The molecular formula is C17H13IN2O3. The van der Waals surface area contributed by atoms with Gasteiger partial charge >= 0.3 is 5.95 Å². The van der Waals surface area contributed by atoms with Crippen molar-refractivity contribution < 1.29 is 14.3 Å². The van der Waals surface area contributed by atoms with Gasteiger partial charge in [0.25, 0.3) is 0 Å². The number of halogens is 1. The Bertz CT molecular complexity index is 841. The molecule has 0 bridgehead atoms. The summed E-state index contributed by atoms with van der Waals surface area (Å²) in [5.74, 6) is 0.733. The molecule has 3 aromatic rings. The molecule has 0 unspecified atom stereocenters. The summed E-state index contributed by atoms with van der Waals surface area (Å²) >= 11 is 2.23. The number of oxazole rings is 1. The van der Waals surface area contributed by atoms with E-state index >= 15 is 0 Å².